The maximum Gasteiger partial charge on any atom is 0.433 e. The molecule has 0 fully saturated rings. The van der Waals surface area contributed by atoms with E-state index in [1.54, 1.807) is 51.1 Å². The Morgan fingerprint density at radius 1 is 1.00 bits per heavy atom. The Morgan fingerprint density at radius 2 is 1.70 bits per heavy atom. The average molecular weight is 624 g/mol. The summed E-state index contributed by atoms with van der Waals surface area (Å²) < 4.78 is 72.9. The molecule has 5 rings (SSSR count). The topological polar surface area (TPSA) is 118 Å². The van der Waals surface area contributed by atoms with Crippen LogP contribution in [0.4, 0.5) is 18.9 Å². The van der Waals surface area contributed by atoms with E-state index >= 15 is 0 Å². The van der Waals surface area contributed by atoms with Gasteiger partial charge in [-0.15, -0.1) is 0 Å². The molecule has 0 saturated heterocycles. The summed E-state index contributed by atoms with van der Waals surface area (Å²) in [5.41, 5.74) is -0.800. The lowest BCUT2D eigenvalue weighted by Gasteiger charge is -2.31. The average Bonchev–Trinajstić information content (AvgIpc) is 3.28. The van der Waals surface area contributed by atoms with Crippen LogP contribution in [0.3, 0.4) is 0 Å². The lowest BCUT2D eigenvalue weighted by atomic mass is 9.71. The SMILES string of the molecule is CC(C)(C)NC(=O)c1cc(C#Cc2ccc3c4c(oc3c2)C(C)(C)c2cc(NS(C)(=O)=O)ccc2C4=O)nc(C(F)(F)F)c1. The van der Waals surface area contributed by atoms with Crippen LogP contribution in [0, 0.1) is 11.8 Å². The standard InChI is InChI=1S/C32H28F3N3O5S/c1-30(2,3)37-29(40)18-14-19(36-25(15-18)32(33,34)35)9-7-17-8-11-22-24(13-17)43-28-26(22)27(39)21-12-10-20(38-44(6,41)42)16-23(21)31(28,4)5/h8,10-16,38H,1-6H3,(H,37,40). The Kier molecular flexibility index (Phi) is 7.17. The highest BCUT2D eigenvalue weighted by atomic mass is 32.2. The molecule has 1 amide bonds. The highest BCUT2D eigenvalue weighted by molar-refractivity contribution is 7.92. The number of fused-ring (bicyclic) bond motifs is 4. The molecule has 8 nitrogen and oxygen atoms in total. The van der Waals surface area contributed by atoms with Crippen LogP contribution >= 0.6 is 0 Å². The summed E-state index contributed by atoms with van der Waals surface area (Å²) >= 11 is 0. The number of aromatic nitrogens is 1. The van der Waals surface area contributed by atoms with Gasteiger partial charge in [-0.3, -0.25) is 14.3 Å². The van der Waals surface area contributed by atoms with Crippen LogP contribution in [0.25, 0.3) is 11.0 Å². The highest BCUT2D eigenvalue weighted by Crippen LogP contribution is 2.46. The second-order valence-electron chi connectivity index (χ2n) is 12.2. The van der Waals surface area contributed by atoms with E-state index in [1.165, 1.54) is 12.1 Å². The molecule has 2 N–H and O–H groups in total. The zero-order valence-electron chi connectivity index (χ0n) is 24.6. The maximum atomic E-state index is 13.6. The van der Waals surface area contributed by atoms with Crippen LogP contribution in [-0.4, -0.2) is 36.9 Å². The highest BCUT2D eigenvalue weighted by Gasteiger charge is 2.42. The predicted octanol–water partition coefficient (Wildman–Crippen LogP) is 6.02. The number of nitrogens with zero attached hydrogens (tertiary/aromatic N) is 1. The molecule has 0 radical (unpaired) electrons. The summed E-state index contributed by atoms with van der Waals surface area (Å²) in [6.45, 7) is 8.84. The van der Waals surface area contributed by atoms with E-state index in [1.807, 2.05) is 13.8 Å². The van der Waals surface area contributed by atoms with Gasteiger partial charge in [-0.2, -0.15) is 13.2 Å². The monoisotopic (exact) mass is 623 g/mol. The van der Waals surface area contributed by atoms with Crippen molar-refractivity contribution < 1.29 is 35.6 Å². The van der Waals surface area contributed by atoms with Crippen molar-refractivity contribution in [2.45, 2.75) is 51.7 Å². The first kappa shape index (κ1) is 30.8. The molecule has 2 heterocycles. The van der Waals surface area contributed by atoms with Crippen LogP contribution in [0.2, 0.25) is 0 Å². The third-order valence-electron chi connectivity index (χ3n) is 6.93. The number of sulfonamides is 1. The van der Waals surface area contributed by atoms with Gasteiger partial charge in [0.05, 0.1) is 11.8 Å². The van der Waals surface area contributed by atoms with E-state index in [4.69, 9.17) is 4.42 Å². The van der Waals surface area contributed by atoms with Crippen molar-refractivity contribution in [3.05, 3.63) is 93.5 Å². The molecule has 1 aliphatic rings. The molecule has 0 saturated carbocycles. The fourth-order valence-electron chi connectivity index (χ4n) is 5.05. The van der Waals surface area contributed by atoms with Gasteiger partial charge in [0.1, 0.15) is 22.7 Å². The Morgan fingerprint density at radius 3 is 2.34 bits per heavy atom. The Hall–Kier alpha value is -4.63. The van der Waals surface area contributed by atoms with E-state index in [0.29, 0.717) is 50.7 Å². The lowest BCUT2D eigenvalue weighted by molar-refractivity contribution is -0.141. The Bertz CT molecular complexity index is 2040. The number of amides is 1. The van der Waals surface area contributed by atoms with Crippen LogP contribution in [0.5, 0.6) is 0 Å². The second kappa shape index (κ2) is 10.2. The first-order valence-corrected chi connectivity index (χ1v) is 15.3. The van der Waals surface area contributed by atoms with Crippen LogP contribution in [0.1, 0.15) is 89.2 Å². The first-order valence-electron chi connectivity index (χ1n) is 13.4. The van der Waals surface area contributed by atoms with Gasteiger partial charge in [-0.05, 0) is 94.6 Å². The molecule has 4 aromatic rings. The minimum absolute atomic E-state index is 0.226. The van der Waals surface area contributed by atoms with Crippen molar-refractivity contribution in [1.82, 2.24) is 10.3 Å². The third kappa shape index (κ3) is 6.05. The number of furan rings is 1. The van der Waals surface area contributed by atoms with Crippen molar-refractivity contribution in [2.24, 2.45) is 0 Å². The molecule has 2 aromatic heterocycles. The minimum Gasteiger partial charge on any atom is -0.459 e. The zero-order valence-corrected chi connectivity index (χ0v) is 25.5. The van der Waals surface area contributed by atoms with Gasteiger partial charge in [0, 0.05) is 38.7 Å². The van der Waals surface area contributed by atoms with Crippen molar-refractivity contribution in [1.29, 1.82) is 0 Å². The van der Waals surface area contributed by atoms with Crippen molar-refractivity contribution in [3.63, 3.8) is 0 Å². The number of ketones is 1. The molecule has 12 heteroatoms. The lowest BCUT2D eigenvalue weighted by Crippen LogP contribution is -2.40. The molecule has 0 bridgehead atoms. The number of alkyl halides is 3. The van der Waals surface area contributed by atoms with E-state index in [-0.39, 0.29) is 17.0 Å². The summed E-state index contributed by atoms with van der Waals surface area (Å²) in [7, 11) is -3.54. The molecule has 0 atom stereocenters. The smallest absolute Gasteiger partial charge is 0.433 e. The molecular weight excluding hydrogens is 595 g/mol. The summed E-state index contributed by atoms with van der Waals surface area (Å²) in [4.78, 5) is 29.8. The summed E-state index contributed by atoms with van der Waals surface area (Å²) in [6.07, 6.45) is -3.76. The van der Waals surface area contributed by atoms with Gasteiger partial charge in [-0.25, -0.2) is 13.4 Å². The molecule has 0 unspecified atom stereocenters. The molecule has 228 valence electrons. The van der Waals surface area contributed by atoms with E-state index in [9.17, 15) is 31.2 Å². The Labute approximate surface area is 252 Å². The fourth-order valence-corrected chi connectivity index (χ4v) is 5.61. The Balaban J connectivity index is 1.54. The molecule has 1 aliphatic carbocycles. The van der Waals surface area contributed by atoms with Crippen LogP contribution in [0.15, 0.2) is 52.9 Å². The third-order valence-corrected chi connectivity index (χ3v) is 7.53. The number of benzene rings is 2. The van der Waals surface area contributed by atoms with Gasteiger partial charge in [0.15, 0.2) is 5.78 Å². The number of carbonyl (C=O) groups is 2. The summed E-state index contributed by atoms with van der Waals surface area (Å²) in [5.74, 6) is 4.81. The van der Waals surface area contributed by atoms with Crippen LogP contribution in [-0.2, 0) is 21.6 Å². The first-order chi connectivity index (χ1) is 20.2. The minimum atomic E-state index is -4.79. The van der Waals surface area contributed by atoms with Gasteiger partial charge in [0.25, 0.3) is 5.91 Å². The number of hydrogen-bond acceptors (Lipinski definition) is 6. The summed E-state index contributed by atoms with van der Waals surface area (Å²) in [5, 5.41) is 3.17. The number of carbonyl (C=O) groups excluding carboxylic acids is 2. The number of anilines is 1. The largest absolute Gasteiger partial charge is 0.459 e. The van der Waals surface area contributed by atoms with E-state index in [2.05, 4.69) is 26.9 Å². The molecule has 44 heavy (non-hydrogen) atoms. The van der Waals surface area contributed by atoms with Gasteiger partial charge in [0.2, 0.25) is 10.0 Å². The zero-order chi connectivity index (χ0) is 32.4. The number of halogens is 3. The van der Waals surface area contributed by atoms with Gasteiger partial charge >= 0.3 is 6.18 Å². The van der Waals surface area contributed by atoms with Crippen molar-refractivity contribution in [3.8, 4) is 11.8 Å². The number of rotatable bonds is 3. The van der Waals surface area contributed by atoms with E-state index < -0.39 is 38.8 Å². The number of hydrogen-bond donors (Lipinski definition) is 2. The normalized spacial score (nSPS) is 14.3. The predicted molar refractivity (Wildman–Crippen MR) is 159 cm³/mol. The van der Waals surface area contributed by atoms with Crippen LogP contribution < -0.4 is 10.0 Å². The van der Waals surface area contributed by atoms with Gasteiger partial charge < -0.3 is 9.73 Å². The maximum absolute atomic E-state index is 13.6. The second-order valence-corrected chi connectivity index (χ2v) is 13.9. The van der Waals surface area contributed by atoms with E-state index in [0.717, 1.165) is 6.26 Å². The molecule has 2 aromatic carbocycles. The van der Waals surface area contributed by atoms with Crippen molar-refractivity contribution >= 4 is 38.4 Å². The van der Waals surface area contributed by atoms with Gasteiger partial charge in [-0.1, -0.05) is 5.92 Å². The number of nitrogens with one attached hydrogen (secondary N) is 2. The molecule has 0 spiro atoms. The number of pyridine rings is 1. The molecule has 0 aliphatic heterocycles. The fraction of sp³-hybridized carbons (Fsp3) is 0.281. The molecular formula is C32H28F3N3O5S. The quantitative estimate of drug-likeness (QED) is 0.270. The van der Waals surface area contributed by atoms with Crippen molar-refractivity contribution in [2.75, 3.05) is 11.0 Å². The summed E-state index contributed by atoms with van der Waals surface area (Å²) in [6, 6.07) is 11.4.